The Morgan fingerprint density at radius 3 is 2.81 bits per heavy atom. The number of aromatic hydroxyl groups is 1. The highest BCUT2D eigenvalue weighted by Crippen LogP contribution is 2.23. The molecule has 0 heterocycles. The summed E-state index contributed by atoms with van der Waals surface area (Å²) in [7, 11) is 0. The van der Waals surface area contributed by atoms with Gasteiger partial charge in [0.25, 0.3) is 11.6 Å². The lowest BCUT2D eigenvalue weighted by Gasteiger charge is -2.11. The number of carbonyl (C=O) groups excluding carboxylic acids is 1. The van der Waals surface area contributed by atoms with E-state index in [2.05, 4.69) is 5.32 Å². The first kappa shape index (κ1) is 15.2. The quantitative estimate of drug-likeness (QED) is 0.474. The number of amides is 1. The topological polar surface area (TPSA) is 102 Å². The summed E-state index contributed by atoms with van der Waals surface area (Å²) in [4.78, 5) is 22.1. The molecule has 7 nitrogen and oxygen atoms in total. The van der Waals surface area contributed by atoms with Crippen molar-refractivity contribution in [2.45, 2.75) is 31.8 Å². The fourth-order valence-corrected chi connectivity index (χ4v) is 2.41. The Labute approximate surface area is 122 Å². The Morgan fingerprint density at radius 1 is 1.43 bits per heavy atom. The number of phenols is 1. The summed E-state index contributed by atoms with van der Waals surface area (Å²) in [5, 5.41) is 22.8. The third-order valence-corrected chi connectivity index (χ3v) is 3.46. The van der Waals surface area contributed by atoms with Crippen LogP contribution in [0.25, 0.3) is 0 Å². The number of ether oxygens (including phenoxy) is 1. The molecule has 0 atom stereocenters. The van der Waals surface area contributed by atoms with Gasteiger partial charge in [-0.05, 0) is 25.0 Å². The zero-order chi connectivity index (χ0) is 15.2. The molecule has 7 heteroatoms. The minimum atomic E-state index is -0.649. The second-order valence-electron chi connectivity index (χ2n) is 4.99. The average molecular weight is 294 g/mol. The van der Waals surface area contributed by atoms with Crippen molar-refractivity contribution in [3.63, 3.8) is 0 Å². The molecule has 1 saturated carbocycles. The predicted molar refractivity (Wildman–Crippen MR) is 75.3 cm³/mol. The van der Waals surface area contributed by atoms with Gasteiger partial charge in [-0.25, -0.2) is 0 Å². The van der Waals surface area contributed by atoms with Crippen LogP contribution >= 0.6 is 0 Å². The number of nitrogens with one attached hydrogen (secondary N) is 1. The number of nitro groups is 1. The molecule has 1 fully saturated rings. The van der Waals surface area contributed by atoms with Crippen LogP contribution in [-0.4, -0.2) is 35.2 Å². The van der Waals surface area contributed by atoms with E-state index in [9.17, 15) is 20.0 Å². The molecule has 1 amide bonds. The number of nitrogens with zero attached hydrogens (tertiary/aromatic N) is 1. The average Bonchev–Trinajstić information content (AvgIpc) is 2.96. The van der Waals surface area contributed by atoms with Gasteiger partial charge in [-0.1, -0.05) is 12.8 Å². The summed E-state index contributed by atoms with van der Waals surface area (Å²) in [6, 6.07) is 3.38. The Morgan fingerprint density at radius 2 is 2.14 bits per heavy atom. The van der Waals surface area contributed by atoms with E-state index >= 15 is 0 Å². The first-order valence-corrected chi connectivity index (χ1v) is 6.95. The predicted octanol–water partition coefficient (Wildman–Crippen LogP) is 1.99. The highest BCUT2D eigenvalue weighted by atomic mass is 16.6. The minimum absolute atomic E-state index is 0.152. The molecule has 0 saturated heterocycles. The smallest absolute Gasteiger partial charge is 0.282 e. The second-order valence-corrected chi connectivity index (χ2v) is 4.99. The SMILES string of the molecule is O=C(NCCOC1CCCC1)c1cc(O)ccc1[N+](=O)[O-]. The van der Waals surface area contributed by atoms with Crippen molar-refractivity contribution in [1.82, 2.24) is 5.32 Å². The van der Waals surface area contributed by atoms with Crippen molar-refractivity contribution in [3.05, 3.63) is 33.9 Å². The molecule has 1 aromatic carbocycles. The van der Waals surface area contributed by atoms with E-state index < -0.39 is 10.8 Å². The third kappa shape index (κ3) is 4.16. The van der Waals surface area contributed by atoms with Crippen molar-refractivity contribution in [3.8, 4) is 5.75 Å². The van der Waals surface area contributed by atoms with Crippen LogP contribution in [0.3, 0.4) is 0 Å². The summed E-state index contributed by atoms with van der Waals surface area (Å²) < 4.78 is 5.59. The third-order valence-electron chi connectivity index (χ3n) is 3.46. The lowest BCUT2D eigenvalue weighted by atomic mass is 10.1. The van der Waals surface area contributed by atoms with E-state index in [0.29, 0.717) is 6.61 Å². The molecule has 1 aliphatic carbocycles. The van der Waals surface area contributed by atoms with Crippen molar-refractivity contribution in [1.29, 1.82) is 0 Å². The van der Waals surface area contributed by atoms with Gasteiger partial charge in [0.15, 0.2) is 0 Å². The van der Waals surface area contributed by atoms with Crippen molar-refractivity contribution >= 4 is 11.6 Å². The zero-order valence-electron chi connectivity index (χ0n) is 11.6. The first-order chi connectivity index (χ1) is 10.1. The fourth-order valence-electron chi connectivity index (χ4n) is 2.41. The molecular formula is C14H18N2O5. The van der Waals surface area contributed by atoms with E-state index in [-0.39, 0.29) is 29.6 Å². The van der Waals surface area contributed by atoms with Crippen LogP contribution in [0.15, 0.2) is 18.2 Å². The van der Waals surface area contributed by atoms with Crippen molar-refractivity contribution < 1.29 is 19.6 Å². The molecule has 2 rings (SSSR count). The molecule has 2 N–H and O–H groups in total. The van der Waals surface area contributed by atoms with Crippen LogP contribution in [0, 0.1) is 10.1 Å². The Balaban J connectivity index is 1.87. The first-order valence-electron chi connectivity index (χ1n) is 6.95. The van der Waals surface area contributed by atoms with Crippen LogP contribution in [0.5, 0.6) is 5.75 Å². The molecule has 0 aliphatic heterocycles. The number of rotatable bonds is 6. The molecule has 21 heavy (non-hydrogen) atoms. The highest BCUT2D eigenvalue weighted by molar-refractivity contribution is 5.98. The van der Waals surface area contributed by atoms with E-state index in [1.165, 1.54) is 18.9 Å². The molecule has 114 valence electrons. The summed E-state index contributed by atoms with van der Waals surface area (Å²) in [6.45, 7) is 0.658. The lowest BCUT2D eigenvalue weighted by molar-refractivity contribution is -0.385. The van der Waals surface area contributed by atoms with E-state index in [1.807, 2.05) is 0 Å². The van der Waals surface area contributed by atoms with Gasteiger partial charge in [-0.15, -0.1) is 0 Å². The number of nitro benzene ring substituents is 1. The largest absolute Gasteiger partial charge is 0.508 e. The Kier molecular flexibility index (Phi) is 5.10. The number of benzene rings is 1. The zero-order valence-corrected chi connectivity index (χ0v) is 11.6. The summed E-state index contributed by atoms with van der Waals surface area (Å²) in [6.07, 6.45) is 4.70. The van der Waals surface area contributed by atoms with E-state index in [4.69, 9.17) is 4.74 Å². The Hall–Kier alpha value is -2.15. The standard InChI is InChI=1S/C14H18N2O5/c17-10-5-6-13(16(19)20)12(9-10)14(18)15-7-8-21-11-3-1-2-4-11/h5-6,9,11,17H,1-4,7-8H2,(H,15,18). The summed E-state index contributed by atoms with van der Waals surface area (Å²) in [5.41, 5.74) is -0.483. The molecule has 0 unspecified atom stereocenters. The summed E-state index contributed by atoms with van der Waals surface area (Å²) in [5.74, 6) is -0.777. The maximum absolute atomic E-state index is 11.9. The summed E-state index contributed by atoms with van der Waals surface area (Å²) >= 11 is 0. The number of carbonyl (C=O) groups is 1. The van der Waals surface area contributed by atoms with Gasteiger partial charge in [-0.2, -0.15) is 0 Å². The molecule has 0 bridgehead atoms. The maximum atomic E-state index is 11.9. The monoisotopic (exact) mass is 294 g/mol. The van der Waals surface area contributed by atoms with Crippen molar-refractivity contribution in [2.24, 2.45) is 0 Å². The lowest BCUT2D eigenvalue weighted by Crippen LogP contribution is -2.29. The normalized spacial score (nSPS) is 15.0. The van der Waals surface area contributed by atoms with E-state index in [0.717, 1.165) is 25.0 Å². The fraction of sp³-hybridized carbons (Fsp3) is 0.500. The molecular weight excluding hydrogens is 276 g/mol. The van der Waals surface area contributed by atoms with E-state index in [1.54, 1.807) is 0 Å². The van der Waals surface area contributed by atoms with Gasteiger partial charge < -0.3 is 15.2 Å². The number of hydrogen-bond acceptors (Lipinski definition) is 5. The molecule has 0 radical (unpaired) electrons. The van der Waals surface area contributed by atoms with Gasteiger partial charge in [0.05, 0.1) is 17.6 Å². The van der Waals surface area contributed by atoms with Gasteiger partial charge >= 0.3 is 0 Å². The molecule has 0 aromatic heterocycles. The maximum Gasteiger partial charge on any atom is 0.282 e. The van der Waals surface area contributed by atoms with Gasteiger partial charge in [-0.3, -0.25) is 14.9 Å². The minimum Gasteiger partial charge on any atom is -0.508 e. The number of phenolic OH excluding ortho intramolecular Hbond substituents is 1. The van der Waals surface area contributed by atoms with Gasteiger partial charge in [0, 0.05) is 12.6 Å². The number of hydrogen-bond donors (Lipinski definition) is 2. The van der Waals surface area contributed by atoms with Gasteiger partial charge in [0.1, 0.15) is 11.3 Å². The Bertz CT molecular complexity index is 526. The van der Waals surface area contributed by atoms with Crippen LogP contribution in [0.1, 0.15) is 36.0 Å². The highest BCUT2D eigenvalue weighted by Gasteiger charge is 2.20. The molecule has 1 aliphatic rings. The van der Waals surface area contributed by atoms with Crippen LogP contribution in [-0.2, 0) is 4.74 Å². The van der Waals surface area contributed by atoms with Crippen molar-refractivity contribution in [2.75, 3.05) is 13.2 Å². The molecule has 1 aromatic rings. The van der Waals surface area contributed by atoms with Crippen LogP contribution in [0.2, 0.25) is 0 Å². The van der Waals surface area contributed by atoms with Gasteiger partial charge in [0.2, 0.25) is 0 Å². The van der Waals surface area contributed by atoms with Crippen LogP contribution in [0.4, 0.5) is 5.69 Å². The molecule has 0 spiro atoms. The van der Waals surface area contributed by atoms with Crippen LogP contribution < -0.4 is 5.32 Å². The second kappa shape index (κ2) is 7.03.